The molecule has 2 saturated carbocycles. The van der Waals surface area contributed by atoms with Crippen LogP contribution in [0, 0.1) is 22.7 Å². The summed E-state index contributed by atoms with van der Waals surface area (Å²) in [5.41, 5.74) is -3.42. The van der Waals surface area contributed by atoms with Crippen molar-refractivity contribution in [3.63, 3.8) is 0 Å². The highest BCUT2D eigenvalue weighted by Crippen LogP contribution is 2.67. The van der Waals surface area contributed by atoms with Crippen LogP contribution in [0.5, 0.6) is 0 Å². The molecule has 0 bridgehead atoms. The molecule has 3 fully saturated rings. The van der Waals surface area contributed by atoms with Crippen LogP contribution in [0.4, 0.5) is 0 Å². The molecule has 0 aromatic carbocycles. The summed E-state index contributed by atoms with van der Waals surface area (Å²) in [5.74, 6) is -2.33. The van der Waals surface area contributed by atoms with Crippen molar-refractivity contribution in [2.75, 3.05) is 0 Å². The molecule has 3 aliphatic rings. The molecule has 0 aromatic rings. The van der Waals surface area contributed by atoms with E-state index in [1.54, 1.807) is 13.0 Å². The van der Waals surface area contributed by atoms with Gasteiger partial charge in [-0.1, -0.05) is 26.8 Å². The van der Waals surface area contributed by atoms with E-state index in [1.165, 1.54) is 20.8 Å². The number of hydrogen-bond acceptors (Lipinski definition) is 8. The molecule has 34 heavy (non-hydrogen) atoms. The molecule has 0 aromatic heterocycles. The topological polar surface area (TPSA) is 108 Å². The van der Waals surface area contributed by atoms with E-state index in [1.807, 2.05) is 13.8 Å². The van der Waals surface area contributed by atoms with Gasteiger partial charge in [0, 0.05) is 44.4 Å². The molecule has 8 heteroatoms. The van der Waals surface area contributed by atoms with Crippen molar-refractivity contribution in [1.82, 2.24) is 0 Å². The van der Waals surface area contributed by atoms with Crippen LogP contribution in [0.2, 0.25) is 0 Å². The first-order valence-electron chi connectivity index (χ1n) is 12.1. The van der Waals surface area contributed by atoms with E-state index >= 15 is 0 Å². The van der Waals surface area contributed by atoms with Gasteiger partial charge in [0.2, 0.25) is 0 Å². The fraction of sp³-hybridized carbons (Fsp3) is 0.808. The van der Waals surface area contributed by atoms with Crippen molar-refractivity contribution in [1.29, 1.82) is 0 Å². The number of hydrogen-bond donors (Lipinski definition) is 1. The number of carbonyl (C=O) groups excluding carboxylic acids is 3. The third-order valence-electron chi connectivity index (χ3n) is 8.56. The Morgan fingerprint density at radius 2 is 1.50 bits per heavy atom. The summed E-state index contributed by atoms with van der Waals surface area (Å²) in [6.07, 6.45) is -0.0737. The third-order valence-corrected chi connectivity index (χ3v) is 8.56. The molecule has 0 spiro atoms. The van der Waals surface area contributed by atoms with Crippen LogP contribution in [0.25, 0.3) is 0 Å². The van der Waals surface area contributed by atoms with Gasteiger partial charge in [-0.05, 0) is 32.1 Å². The number of esters is 3. The molecule has 2 unspecified atom stereocenters. The van der Waals surface area contributed by atoms with Crippen LogP contribution in [0.1, 0.15) is 74.7 Å². The number of rotatable bonds is 4. The lowest BCUT2D eigenvalue weighted by Crippen LogP contribution is -2.78. The summed E-state index contributed by atoms with van der Waals surface area (Å²) in [6.45, 7) is 17.7. The smallest absolute Gasteiger partial charge is 0.303 e. The number of carbonyl (C=O) groups is 3. The Morgan fingerprint density at radius 1 is 0.941 bits per heavy atom. The summed E-state index contributed by atoms with van der Waals surface area (Å²) in [4.78, 5) is 36.6. The third kappa shape index (κ3) is 4.17. The van der Waals surface area contributed by atoms with Gasteiger partial charge in [-0.3, -0.25) is 14.4 Å². The van der Waals surface area contributed by atoms with Gasteiger partial charge in [-0.15, -0.1) is 6.58 Å². The first-order valence-corrected chi connectivity index (χ1v) is 12.1. The Bertz CT molecular complexity index is 867. The fourth-order valence-electron chi connectivity index (χ4n) is 7.63. The lowest BCUT2D eigenvalue weighted by molar-refractivity contribution is -0.354. The van der Waals surface area contributed by atoms with Crippen LogP contribution < -0.4 is 0 Å². The average Bonchev–Trinajstić information content (AvgIpc) is 2.66. The van der Waals surface area contributed by atoms with Gasteiger partial charge < -0.3 is 24.1 Å². The molecule has 0 radical (unpaired) electrons. The summed E-state index contributed by atoms with van der Waals surface area (Å²) in [6, 6.07) is 0. The zero-order valence-electron chi connectivity index (χ0n) is 21.7. The van der Waals surface area contributed by atoms with E-state index in [0.717, 1.165) is 0 Å². The molecular weight excluding hydrogens is 440 g/mol. The van der Waals surface area contributed by atoms with E-state index in [0.29, 0.717) is 19.3 Å². The zero-order chi connectivity index (χ0) is 25.9. The molecular formula is C26H40O8. The van der Waals surface area contributed by atoms with Crippen molar-refractivity contribution >= 4 is 17.9 Å². The Hall–Kier alpha value is -1.93. The zero-order valence-corrected chi connectivity index (χ0v) is 21.7. The minimum Gasteiger partial charge on any atom is -0.462 e. The van der Waals surface area contributed by atoms with E-state index < -0.39 is 70.8 Å². The maximum atomic E-state index is 12.2. The van der Waals surface area contributed by atoms with Gasteiger partial charge in [0.1, 0.15) is 30.0 Å². The fourth-order valence-corrected chi connectivity index (χ4v) is 7.63. The average molecular weight is 481 g/mol. The first-order chi connectivity index (χ1) is 15.5. The molecule has 8 nitrogen and oxygen atoms in total. The van der Waals surface area contributed by atoms with Crippen LogP contribution in [0.15, 0.2) is 12.7 Å². The number of fused-ring (bicyclic) bond motifs is 3. The number of ether oxygens (including phenoxy) is 4. The van der Waals surface area contributed by atoms with Crippen molar-refractivity contribution in [2.24, 2.45) is 22.7 Å². The van der Waals surface area contributed by atoms with Crippen LogP contribution >= 0.6 is 0 Å². The van der Waals surface area contributed by atoms with E-state index in [4.69, 9.17) is 18.9 Å². The first kappa shape index (κ1) is 26.7. The number of aliphatic hydroxyl groups is 1. The van der Waals surface area contributed by atoms with Gasteiger partial charge in [0.15, 0.2) is 0 Å². The predicted octanol–water partition coefficient (Wildman–Crippen LogP) is 3.34. The molecule has 1 heterocycles. The second-order valence-electron chi connectivity index (χ2n) is 11.6. The highest BCUT2D eigenvalue weighted by Gasteiger charge is 2.74. The lowest BCUT2D eigenvalue weighted by Gasteiger charge is -2.70. The standard InChI is InChI=1S/C26H40O8/c1-10-24(7)13-17(31-14(2)27)20-25(8)18(32-15(3)28)11-12-23(5,6)21(25)19(33-16(4)29)22(30)26(20,9)34-24/h10,17-22,30H,1,11-13H2,2-9H3/t17-,18-,19+,20?,21?,22+,24+,25-,26+/m1/s1. The number of aliphatic hydroxyl groups excluding tert-OH is 1. The highest BCUT2D eigenvalue weighted by molar-refractivity contribution is 5.67. The predicted molar refractivity (Wildman–Crippen MR) is 123 cm³/mol. The molecule has 9 atom stereocenters. The highest BCUT2D eigenvalue weighted by atomic mass is 16.6. The van der Waals surface area contributed by atoms with E-state index in [9.17, 15) is 19.5 Å². The summed E-state index contributed by atoms with van der Waals surface area (Å²) in [5, 5.41) is 11.8. The lowest BCUT2D eigenvalue weighted by atomic mass is 9.41. The molecule has 1 aliphatic heterocycles. The van der Waals surface area contributed by atoms with E-state index in [2.05, 4.69) is 20.4 Å². The molecule has 192 valence electrons. The van der Waals surface area contributed by atoms with Crippen LogP contribution in [-0.4, -0.2) is 58.6 Å². The quantitative estimate of drug-likeness (QED) is 0.371. The van der Waals surface area contributed by atoms with Crippen molar-refractivity contribution in [2.45, 2.75) is 110 Å². The Morgan fingerprint density at radius 3 is 2.00 bits per heavy atom. The molecule has 1 saturated heterocycles. The van der Waals surface area contributed by atoms with Crippen molar-refractivity contribution in [3.05, 3.63) is 12.7 Å². The van der Waals surface area contributed by atoms with Crippen LogP contribution in [-0.2, 0) is 33.3 Å². The Labute approximate surface area is 202 Å². The largest absolute Gasteiger partial charge is 0.462 e. The molecule has 3 rings (SSSR count). The Kier molecular flexibility index (Phi) is 6.77. The van der Waals surface area contributed by atoms with Gasteiger partial charge >= 0.3 is 17.9 Å². The van der Waals surface area contributed by atoms with Gasteiger partial charge in [0.25, 0.3) is 0 Å². The van der Waals surface area contributed by atoms with Gasteiger partial charge in [-0.25, -0.2) is 0 Å². The summed E-state index contributed by atoms with van der Waals surface area (Å²) >= 11 is 0. The Balaban J connectivity index is 2.31. The molecule has 2 aliphatic carbocycles. The summed E-state index contributed by atoms with van der Waals surface area (Å²) in [7, 11) is 0. The second-order valence-corrected chi connectivity index (χ2v) is 11.6. The minimum atomic E-state index is -1.29. The minimum absolute atomic E-state index is 0.330. The molecule has 0 amide bonds. The van der Waals surface area contributed by atoms with Gasteiger partial charge in [0.05, 0.1) is 5.60 Å². The van der Waals surface area contributed by atoms with Gasteiger partial charge in [-0.2, -0.15) is 0 Å². The maximum absolute atomic E-state index is 12.2. The van der Waals surface area contributed by atoms with E-state index in [-0.39, 0.29) is 5.41 Å². The SMILES string of the molecule is C=C[C@@]1(C)C[C@@H](OC(C)=O)C2[C@]3(C)C([C@H](OC(C)=O)[C@H](O)[C@@]2(C)O1)C(C)(C)CC[C@H]3OC(C)=O. The maximum Gasteiger partial charge on any atom is 0.303 e. The van der Waals surface area contributed by atoms with Crippen LogP contribution in [0.3, 0.4) is 0 Å². The molecule has 1 N–H and O–H groups in total. The van der Waals surface area contributed by atoms with Crippen molar-refractivity contribution < 1.29 is 38.4 Å². The summed E-state index contributed by atoms with van der Waals surface area (Å²) < 4.78 is 24.2. The second kappa shape index (κ2) is 8.63. The van der Waals surface area contributed by atoms with Crippen molar-refractivity contribution in [3.8, 4) is 0 Å². The monoisotopic (exact) mass is 480 g/mol. The normalized spacial score (nSPS) is 45.2.